The number of hydrogen-bond donors (Lipinski definition) is 0. The van der Waals surface area contributed by atoms with Gasteiger partial charge in [0.15, 0.2) is 0 Å². The lowest BCUT2D eigenvalue weighted by Crippen LogP contribution is -2.56. The molecule has 0 aliphatic heterocycles. The number of nitrogens with zero attached hydrogens (tertiary/aromatic N) is 1. The van der Waals surface area contributed by atoms with Gasteiger partial charge in [0.25, 0.3) is 0 Å². The fourth-order valence-corrected chi connectivity index (χ4v) is 6.39. The summed E-state index contributed by atoms with van der Waals surface area (Å²) in [6.07, 6.45) is 1.20. The van der Waals surface area contributed by atoms with Gasteiger partial charge in [-0.25, -0.2) is 0 Å². The SMILES string of the molecule is C[N+](C)([CH-]c1ccccc1)C[Si](C)(C)c1ccccc1. The van der Waals surface area contributed by atoms with Gasteiger partial charge >= 0.3 is 0 Å². The Balaban J connectivity index is 2.11. The summed E-state index contributed by atoms with van der Waals surface area (Å²) >= 11 is 0. The van der Waals surface area contributed by atoms with Crippen molar-refractivity contribution in [3.8, 4) is 0 Å². The molecule has 1 nitrogen and oxygen atoms in total. The van der Waals surface area contributed by atoms with Gasteiger partial charge in [0.05, 0.1) is 20.3 Å². The minimum atomic E-state index is -1.43. The first-order valence-electron chi connectivity index (χ1n) is 7.18. The zero-order valence-electron chi connectivity index (χ0n) is 13.0. The predicted octanol–water partition coefficient (Wildman–Crippen LogP) is 3.43. The fraction of sp³-hybridized carbons (Fsp3) is 0.278. The molecule has 0 radical (unpaired) electrons. The Bertz CT molecular complexity index is 532. The topological polar surface area (TPSA) is 0 Å². The molecule has 0 atom stereocenters. The summed E-state index contributed by atoms with van der Waals surface area (Å²) in [6, 6.07) is 21.6. The van der Waals surface area contributed by atoms with E-state index in [1.165, 1.54) is 16.9 Å². The Kier molecular flexibility index (Phi) is 4.36. The standard InChI is InChI=1S/C18H25NSi/c1-19(2,15-17-11-7-5-8-12-17)16-20(3,4)18-13-9-6-10-14-18/h5-15H,16H2,1-4H3. The van der Waals surface area contributed by atoms with E-state index in [1.807, 2.05) is 0 Å². The van der Waals surface area contributed by atoms with Crippen molar-refractivity contribution in [3.63, 3.8) is 0 Å². The molecule has 0 bridgehead atoms. The minimum absolute atomic E-state index is 0.929. The van der Waals surface area contributed by atoms with Crippen LogP contribution < -0.4 is 5.19 Å². The molecular formula is C18H25NSi. The highest BCUT2D eigenvalue weighted by Gasteiger charge is 2.31. The maximum atomic E-state index is 2.46. The van der Waals surface area contributed by atoms with Gasteiger partial charge in [-0.15, -0.1) is 17.7 Å². The second-order valence-corrected chi connectivity index (χ2v) is 11.4. The van der Waals surface area contributed by atoms with Crippen molar-refractivity contribution < 1.29 is 4.48 Å². The van der Waals surface area contributed by atoms with Gasteiger partial charge < -0.3 is 4.48 Å². The molecule has 2 aromatic rings. The zero-order valence-corrected chi connectivity index (χ0v) is 14.0. The van der Waals surface area contributed by atoms with Crippen LogP contribution in [0.3, 0.4) is 0 Å². The molecule has 0 saturated heterocycles. The van der Waals surface area contributed by atoms with Crippen molar-refractivity contribution in [2.75, 3.05) is 20.3 Å². The average Bonchev–Trinajstić information content (AvgIpc) is 2.39. The molecule has 0 spiro atoms. The highest BCUT2D eigenvalue weighted by atomic mass is 28.3. The largest absolute Gasteiger partial charge is 0.353 e. The second-order valence-electron chi connectivity index (χ2n) is 6.73. The quantitative estimate of drug-likeness (QED) is 0.448. The normalized spacial score (nSPS) is 12.2. The Morgan fingerprint density at radius 3 is 1.90 bits per heavy atom. The van der Waals surface area contributed by atoms with Crippen molar-refractivity contribution in [1.29, 1.82) is 0 Å². The van der Waals surface area contributed by atoms with Gasteiger partial charge in [-0.05, 0) is 6.54 Å². The van der Waals surface area contributed by atoms with Crippen molar-refractivity contribution in [1.82, 2.24) is 0 Å². The van der Waals surface area contributed by atoms with Crippen LogP contribution >= 0.6 is 0 Å². The van der Waals surface area contributed by atoms with Crippen LogP contribution in [0.4, 0.5) is 0 Å². The summed E-state index contributed by atoms with van der Waals surface area (Å²) in [4.78, 5) is 0. The lowest BCUT2D eigenvalue weighted by Gasteiger charge is -2.39. The summed E-state index contributed by atoms with van der Waals surface area (Å²) in [7, 11) is 3.16. The monoisotopic (exact) mass is 283 g/mol. The molecule has 0 fully saturated rings. The van der Waals surface area contributed by atoms with E-state index in [0.717, 1.165) is 4.48 Å². The summed E-state index contributed by atoms with van der Waals surface area (Å²) in [5.74, 6) is 0. The third-order valence-corrected chi connectivity index (χ3v) is 7.16. The Labute approximate surface area is 124 Å². The number of rotatable bonds is 5. The molecular weight excluding hydrogens is 258 g/mol. The molecule has 2 heteroatoms. The highest BCUT2D eigenvalue weighted by Crippen LogP contribution is 2.16. The van der Waals surface area contributed by atoms with Crippen LogP contribution in [0.5, 0.6) is 0 Å². The molecule has 2 aromatic carbocycles. The van der Waals surface area contributed by atoms with Gasteiger partial charge in [0.1, 0.15) is 8.07 Å². The van der Waals surface area contributed by atoms with Crippen LogP contribution in [-0.2, 0) is 0 Å². The third-order valence-electron chi connectivity index (χ3n) is 3.66. The summed E-state index contributed by atoms with van der Waals surface area (Å²) in [5, 5.41) is 1.53. The molecule has 106 valence electrons. The first-order chi connectivity index (χ1) is 9.39. The molecule has 0 aliphatic carbocycles. The Hall–Kier alpha value is -1.51. The smallest absolute Gasteiger partial charge is 0.144 e. The van der Waals surface area contributed by atoms with E-state index in [0.29, 0.717) is 0 Å². The number of benzene rings is 2. The molecule has 0 heterocycles. The van der Waals surface area contributed by atoms with Crippen LogP contribution in [0.2, 0.25) is 13.1 Å². The van der Waals surface area contributed by atoms with E-state index in [1.54, 1.807) is 0 Å². The zero-order chi connectivity index (χ0) is 14.6. The van der Waals surface area contributed by atoms with E-state index < -0.39 is 8.07 Å². The lowest BCUT2D eigenvalue weighted by molar-refractivity contribution is -0.846. The van der Waals surface area contributed by atoms with Crippen LogP contribution in [0.25, 0.3) is 0 Å². The van der Waals surface area contributed by atoms with Crippen LogP contribution in [0, 0.1) is 6.54 Å². The van der Waals surface area contributed by atoms with Gasteiger partial charge in [-0.2, -0.15) is 12.1 Å². The van der Waals surface area contributed by atoms with Crippen LogP contribution in [0.15, 0.2) is 60.7 Å². The molecule has 0 aliphatic rings. The van der Waals surface area contributed by atoms with Crippen molar-refractivity contribution in [3.05, 3.63) is 72.8 Å². The third kappa shape index (κ3) is 3.99. The Morgan fingerprint density at radius 2 is 1.35 bits per heavy atom. The molecule has 20 heavy (non-hydrogen) atoms. The maximum absolute atomic E-state index is 2.46. The highest BCUT2D eigenvalue weighted by molar-refractivity contribution is 6.89. The van der Waals surface area contributed by atoms with Crippen LogP contribution in [0.1, 0.15) is 5.56 Å². The first-order valence-corrected chi connectivity index (χ1v) is 10.4. The fourth-order valence-electron chi connectivity index (χ4n) is 2.99. The molecule has 0 N–H and O–H groups in total. The second kappa shape index (κ2) is 5.86. The van der Waals surface area contributed by atoms with Crippen molar-refractivity contribution in [2.24, 2.45) is 0 Å². The first kappa shape index (κ1) is 14.9. The predicted molar refractivity (Wildman–Crippen MR) is 90.4 cm³/mol. The van der Waals surface area contributed by atoms with Gasteiger partial charge in [-0.1, -0.05) is 54.7 Å². The van der Waals surface area contributed by atoms with E-state index in [2.05, 4.69) is 94.4 Å². The summed E-state index contributed by atoms with van der Waals surface area (Å²) in [5.41, 5.74) is 1.30. The van der Waals surface area contributed by atoms with Gasteiger partial charge in [0.2, 0.25) is 0 Å². The van der Waals surface area contributed by atoms with E-state index in [4.69, 9.17) is 0 Å². The van der Waals surface area contributed by atoms with Crippen molar-refractivity contribution >= 4 is 13.3 Å². The van der Waals surface area contributed by atoms with E-state index >= 15 is 0 Å². The van der Waals surface area contributed by atoms with Gasteiger partial charge in [-0.3, -0.25) is 0 Å². The molecule has 0 unspecified atom stereocenters. The van der Waals surface area contributed by atoms with Gasteiger partial charge in [0, 0.05) is 0 Å². The summed E-state index contributed by atoms with van der Waals surface area (Å²) in [6.45, 7) is 7.28. The Morgan fingerprint density at radius 1 is 0.850 bits per heavy atom. The number of quaternary nitrogens is 1. The molecule has 0 aromatic heterocycles. The maximum Gasteiger partial charge on any atom is 0.144 e. The molecule has 0 saturated carbocycles. The van der Waals surface area contributed by atoms with Crippen molar-refractivity contribution in [2.45, 2.75) is 13.1 Å². The average molecular weight is 283 g/mol. The number of hydrogen-bond acceptors (Lipinski definition) is 0. The van der Waals surface area contributed by atoms with E-state index in [9.17, 15) is 0 Å². The van der Waals surface area contributed by atoms with E-state index in [-0.39, 0.29) is 0 Å². The lowest BCUT2D eigenvalue weighted by atomic mass is 10.2. The molecule has 0 amide bonds. The minimum Gasteiger partial charge on any atom is -0.353 e. The summed E-state index contributed by atoms with van der Waals surface area (Å²) < 4.78 is 0.929. The van der Waals surface area contributed by atoms with Crippen LogP contribution in [-0.4, -0.2) is 32.8 Å². The molecule has 2 rings (SSSR count).